The molecule has 0 bridgehead atoms. The summed E-state index contributed by atoms with van der Waals surface area (Å²) in [5, 5.41) is 3.19. The number of rotatable bonds is 5. The zero-order chi connectivity index (χ0) is 15.2. The van der Waals surface area contributed by atoms with Gasteiger partial charge in [0.15, 0.2) is 0 Å². The molecule has 0 unspecified atom stereocenters. The monoisotopic (exact) mass is 300 g/mol. The van der Waals surface area contributed by atoms with E-state index >= 15 is 0 Å². The van der Waals surface area contributed by atoms with Gasteiger partial charge in [-0.05, 0) is 39.3 Å². The number of aromatic nitrogens is 1. The van der Waals surface area contributed by atoms with Crippen LogP contribution in [0.2, 0.25) is 5.15 Å². The number of ether oxygens (including phenoxy) is 2. The second-order valence-electron chi connectivity index (χ2n) is 5.38. The zero-order valence-corrected chi connectivity index (χ0v) is 13.0. The van der Waals surface area contributed by atoms with Crippen LogP contribution in [0.25, 0.3) is 0 Å². The van der Waals surface area contributed by atoms with Crippen LogP contribution in [0.15, 0.2) is 18.3 Å². The van der Waals surface area contributed by atoms with E-state index in [9.17, 15) is 4.79 Å². The molecule has 1 aromatic heterocycles. The maximum absolute atomic E-state index is 11.7. The van der Waals surface area contributed by atoms with Gasteiger partial charge in [-0.1, -0.05) is 18.5 Å². The molecule has 0 aliphatic carbocycles. The Morgan fingerprint density at radius 1 is 1.45 bits per heavy atom. The molecule has 0 saturated heterocycles. The fraction of sp³-hybridized carbons (Fsp3) is 0.571. The highest BCUT2D eigenvalue weighted by Crippen LogP contribution is 2.13. The van der Waals surface area contributed by atoms with Crippen molar-refractivity contribution in [2.45, 2.75) is 45.8 Å². The van der Waals surface area contributed by atoms with Crippen LogP contribution < -0.4 is 10.1 Å². The number of carbonyl (C=O) groups excluding carboxylic acids is 1. The van der Waals surface area contributed by atoms with E-state index in [-0.39, 0.29) is 6.04 Å². The summed E-state index contributed by atoms with van der Waals surface area (Å²) in [6, 6.07) is 3.26. The van der Waals surface area contributed by atoms with Gasteiger partial charge in [0.05, 0.1) is 12.2 Å². The molecule has 0 aliphatic rings. The molecular formula is C14H21ClN2O3. The number of alkyl carbamates (subject to hydrolysis) is 1. The van der Waals surface area contributed by atoms with Gasteiger partial charge in [-0.2, -0.15) is 0 Å². The Kier molecular flexibility index (Phi) is 6.07. The fourth-order valence-corrected chi connectivity index (χ4v) is 1.49. The normalized spacial score (nSPS) is 12.7. The first-order valence-electron chi connectivity index (χ1n) is 6.54. The van der Waals surface area contributed by atoms with E-state index in [1.807, 2.05) is 27.7 Å². The molecule has 0 aromatic carbocycles. The molecule has 1 heterocycles. The van der Waals surface area contributed by atoms with Gasteiger partial charge in [0.1, 0.15) is 23.1 Å². The predicted octanol–water partition coefficient (Wildman–Crippen LogP) is 3.42. The van der Waals surface area contributed by atoms with E-state index in [1.54, 1.807) is 18.3 Å². The van der Waals surface area contributed by atoms with Crippen molar-refractivity contribution in [1.29, 1.82) is 0 Å². The molecule has 0 saturated carbocycles. The van der Waals surface area contributed by atoms with Crippen LogP contribution in [0.5, 0.6) is 5.75 Å². The first-order valence-corrected chi connectivity index (χ1v) is 6.92. The van der Waals surface area contributed by atoms with Gasteiger partial charge in [-0.25, -0.2) is 9.78 Å². The minimum absolute atomic E-state index is 0.125. The maximum atomic E-state index is 11.7. The van der Waals surface area contributed by atoms with Crippen LogP contribution in [-0.4, -0.2) is 29.3 Å². The molecule has 0 fully saturated rings. The second-order valence-corrected chi connectivity index (χ2v) is 5.77. The van der Waals surface area contributed by atoms with E-state index in [1.165, 1.54) is 0 Å². The minimum atomic E-state index is -0.511. The number of carbonyl (C=O) groups is 1. The number of hydrogen-bond acceptors (Lipinski definition) is 4. The van der Waals surface area contributed by atoms with Crippen LogP contribution in [0.4, 0.5) is 4.79 Å². The summed E-state index contributed by atoms with van der Waals surface area (Å²) in [6.45, 7) is 7.78. The molecule has 20 heavy (non-hydrogen) atoms. The van der Waals surface area contributed by atoms with Crippen molar-refractivity contribution >= 4 is 17.7 Å². The second kappa shape index (κ2) is 7.33. The minimum Gasteiger partial charge on any atom is -0.490 e. The molecule has 1 rings (SSSR count). The van der Waals surface area contributed by atoms with Crippen molar-refractivity contribution in [3.8, 4) is 5.75 Å². The van der Waals surface area contributed by atoms with Crippen molar-refractivity contribution < 1.29 is 14.3 Å². The summed E-state index contributed by atoms with van der Waals surface area (Å²) in [5.74, 6) is 0.610. The first kappa shape index (κ1) is 16.6. The lowest BCUT2D eigenvalue weighted by Crippen LogP contribution is -2.41. The standard InChI is InChI=1S/C14H21ClN2O3/c1-5-10(17-13(18)20-14(2,3)4)9-19-11-6-7-12(15)16-8-11/h6-8,10H,5,9H2,1-4H3,(H,17,18)/t10-/m0/s1. The molecule has 1 aromatic rings. The molecular weight excluding hydrogens is 280 g/mol. The predicted molar refractivity (Wildman–Crippen MR) is 78.2 cm³/mol. The van der Waals surface area contributed by atoms with Crippen LogP contribution in [0, 0.1) is 0 Å². The smallest absolute Gasteiger partial charge is 0.407 e. The Morgan fingerprint density at radius 3 is 2.65 bits per heavy atom. The van der Waals surface area contributed by atoms with E-state index < -0.39 is 11.7 Å². The van der Waals surface area contributed by atoms with Crippen molar-refractivity contribution in [2.24, 2.45) is 0 Å². The average molecular weight is 301 g/mol. The van der Waals surface area contributed by atoms with E-state index in [2.05, 4.69) is 10.3 Å². The molecule has 1 amide bonds. The highest BCUT2D eigenvalue weighted by Gasteiger charge is 2.19. The molecule has 1 N–H and O–H groups in total. The molecule has 5 nitrogen and oxygen atoms in total. The van der Waals surface area contributed by atoms with Crippen molar-refractivity contribution in [3.63, 3.8) is 0 Å². The van der Waals surface area contributed by atoms with E-state index in [0.717, 1.165) is 6.42 Å². The quantitative estimate of drug-likeness (QED) is 0.847. The summed E-state index contributed by atoms with van der Waals surface area (Å²) in [4.78, 5) is 15.6. The largest absolute Gasteiger partial charge is 0.490 e. The third-order valence-corrected chi connectivity index (χ3v) is 2.59. The van der Waals surface area contributed by atoms with Crippen LogP contribution in [0.1, 0.15) is 34.1 Å². The Balaban J connectivity index is 2.43. The Labute approximate surface area is 124 Å². The van der Waals surface area contributed by atoms with Gasteiger partial charge in [0.25, 0.3) is 0 Å². The summed E-state index contributed by atoms with van der Waals surface area (Å²) in [7, 11) is 0. The van der Waals surface area contributed by atoms with Gasteiger partial charge in [-0.3, -0.25) is 0 Å². The highest BCUT2D eigenvalue weighted by atomic mass is 35.5. The van der Waals surface area contributed by atoms with Crippen molar-refractivity contribution in [1.82, 2.24) is 10.3 Å². The Bertz CT molecular complexity index is 429. The number of amides is 1. The fourth-order valence-electron chi connectivity index (χ4n) is 1.38. The number of nitrogens with one attached hydrogen (secondary N) is 1. The number of hydrogen-bond donors (Lipinski definition) is 1. The van der Waals surface area contributed by atoms with Crippen molar-refractivity contribution in [3.05, 3.63) is 23.5 Å². The summed E-state index contributed by atoms with van der Waals surface area (Å²) >= 11 is 5.69. The number of pyridine rings is 1. The van der Waals surface area contributed by atoms with Gasteiger partial charge >= 0.3 is 6.09 Å². The Hall–Kier alpha value is -1.49. The molecule has 1 atom stereocenters. The highest BCUT2D eigenvalue weighted by molar-refractivity contribution is 6.29. The van der Waals surface area contributed by atoms with Gasteiger partial charge in [-0.15, -0.1) is 0 Å². The molecule has 112 valence electrons. The lowest BCUT2D eigenvalue weighted by Gasteiger charge is -2.23. The molecule has 6 heteroatoms. The topological polar surface area (TPSA) is 60.5 Å². The average Bonchev–Trinajstić information content (AvgIpc) is 2.34. The van der Waals surface area contributed by atoms with Crippen LogP contribution in [0.3, 0.4) is 0 Å². The lowest BCUT2D eigenvalue weighted by molar-refractivity contribution is 0.0486. The molecule has 0 spiro atoms. The Morgan fingerprint density at radius 2 is 2.15 bits per heavy atom. The van der Waals surface area contributed by atoms with E-state index in [4.69, 9.17) is 21.1 Å². The zero-order valence-electron chi connectivity index (χ0n) is 12.3. The molecule has 0 radical (unpaired) electrons. The number of halogens is 1. The third kappa shape index (κ3) is 6.61. The van der Waals surface area contributed by atoms with Crippen LogP contribution >= 0.6 is 11.6 Å². The van der Waals surface area contributed by atoms with Gasteiger partial charge in [0.2, 0.25) is 0 Å². The van der Waals surface area contributed by atoms with Gasteiger partial charge < -0.3 is 14.8 Å². The lowest BCUT2D eigenvalue weighted by atomic mass is 10.2. The SMILES string of the molecule is CC[C@@H](COc1ccc(Cl)nc1)NC(=O)OC(C)(C)C. The first-order chi connectivity index (χ1) is 9.30. The summed E-state index contributed by atoms with van der Waals surface area (Å²) < 4.78 is 10.8. The maximum Gasteiger partial charge on any atom is 0.407 e. The third-order valence-electron chi connectivity index (χ3n) is 2.37. The van der Waals surface area contributed by atoms with Gasteiger partial charge in [0, 0.05) is 0 Å². The summed E-state index contributed by atoms with van der Waals surface area (Å²) in [6.07, 6.45) is 1.84. The van der Waals surface area contributed by atoms with Crippen LogP contribution in [-0.2, 0) is 4.74 Å². The molecule has 0 aliphatic heterocycles. The number of nitrogens with zero attached hydrogens (tertiary/aromatic N) is 1. The van der Waals surface area contributed by atoms with Crippen molar-refractivity contribution in [2.75, 3.05) is 6.61 Å². The van der Waals surface area contributed by atoms with E-state index in [0.29, 0.717) is 17.5 Å². The summed E-state index contributed by atoms with van der Waals surface area (Å²) in [5.41, 5.74) is -0.511.